The van der Waals surface area contributed by atoms with Crippen LogP contribution in [0.5, 0.6) is 5.75 Å². The van der Waals surface area contributed by atoms with Crippen LogP contribution in [0.25, 0.3) is 11.5 Å². The van der Waals surface area contributed by atoms with Crippen molar-refractivity contribution in [1.82, 2.24) is 14.7 Å². The van der Waals surface area contributed by atoms with E-state index >= 15 is 0 Å². The summed E-state index contributed by atoms with van der Waals surface area (Å²) in [5.41, 5.74) is 1.20. The Morgan fingerprint density at radius 1 is 0.970 bits per heavy atom. The number of rotatable bonds is 4. The molecule has 1 unspecified atom stereocenters. The van der Waals surface area contributed by atoms with Gasteiger partial charge in [0.25, 0.3) is 5.91 Å². The highest BCUT2D eigenvalue weighted by atomic mass is 16.5. The second-order valence-electron chi connectivity index (χ2n) is 8.16. The van der Waals surface area contributed by atoms with Gasteiger partial charge in [-0.15, -0.1) is 5.10 Å². The summed E-state index contributed by atoms with van der Waals surface area (Å²) >= 11 is 0. The Labute approximate surface area is 190 Å². The fraction of sp³-hybridized carbons (Fsp3) is 0.333. The van der Waals surface area contributed by atoms with Crippen LogP contribution in [-0.4, -0.2) is 52.2 Å². The smallest absolute Gasteiger partial charge is 0.437 e. The van der Waals surface area contributed by atoms with Gasteiger partial charge in [-0.25, -0.2) is 4.79 Å². The lowest BCUT2D eigenvalue weighted by Crippen LogP contribution is -2.53. The molecule has 3 aromatic rings. The molecule has 9 heteroatoms. The lowest BCUT2D eigenvalue weighted by atomic mass is 10.1. The topological polar surface area (TPSA) is 97.9 Å². The van der Waals surface area contributed by atoms with Gasteiger partial charge in [-0.3, -0.25) is 9.59 Å². The van der Waals surface area contributed by atoms with Gasteiger partial charge < -0.3 is 19.0 Å². The highest BCUT2D eigenvalue weighted by Gasteiger charge is 2.36. The molecule has 0 bridgehead atoms. The van der Waals surface area contributed by atoms with E-state index in [1.54, 1.807) is 41.3 Å². The number of amides is 2. The van der Waals surface area contributed by atoms with E-state index in [-0.39, 0.29) is 30.8 Å². The maximum atomic E-state index is 13.3. The summed E-state index contributed by atoms with van der Waals surface area (Å²) in [4.78, 5) is 42.0. The summed E-state index contributed by atoms with van der Waals surface area (Å²) in [6, 6.07) is 16.1. The largest absolute Gasteiger partial charge is 0.476 e. The second kappa shape index (κ2) is 8.93. The quantitative estimate of drug-likeness (QED) is 0.608. The van der Waals surface area contributed by atoms with Crippen LogP contribution in [0.1, 0.15) is 19.3 Å². The van der Waals surface area contributed by atoms with E-state index in [2.05, 4.69) is 5.10 Å². The number of piperidine rings is 1. The van der Waals surface area contributed by atoms with Gasteiger partial charge in [0.2, 0.25) is 11.8 Å². The molecule has 2 amide bonds. The Hall–Kier alpha value is -3.88. The summed E-state index contributed by atoms with van der Waals surface area (Å²) < 4.78 is 12.2. The average Bonchev–Trinajstić information content (AvgIpc) is 3.23. The first-order chi connectivity index (χ1) is 16.1. The molecule has 1 atom stereocenters. The molecule has 0 saturated carbocycles. The zero-order valence-corrected chi connectivity index (χ0v) is 18.1. The van der Waals surface area contributed by atoms with Gasteiger partial charge in [0.1, 0.15) is 12.3 Å². The number of carbonyl (C=O) groups is 2. The summed E-state index contributed by atoms with van der Waals surface area (Å²) in [6.07, 6.45) is 2.25. The predicted octanol–water partition coefficient (Wildman–Crippen LogP) is 2.31. The minimum Gasteiger partial charge on any atom is -0.476 e. The number of nitrogens with zero attached hydrogens (tertiary/aromatic N) is 4. The SMILES string of the molecule is O=C(C1CN(C(=O)Cn2nc(-c3ccccc3)oc2=O)c2ccccc2O1)N1CCCCC1. The summed E-state index contributed by atoms with van der Waals surface area (Å²) in [6.45, 7) is 1.16. The summed E-state index contributed by atoms with van der Waals surface area (Å²) in [7, 11) is 0. The van der Waals surface area contributed by atoms with Crippen molar-refractivity contribution in [2.45, 2.75) is 31.9 Å². The third-order valence-corrected chi connectivity index (χ3v) is 5.93. The molecule has 1 aromatic heterocycles. The third-order valence-electron chi connectivity index (χ3n) is 5.93. The predicted molar refractivity (Wildman–Crippen MR) is 120 cm³/mol. The number of fused-ring (bicyclic) bond motifs is 1. The van der Waals surface area contributed by atoms with E-state index in [9.17, 15) is 14.4 Å². The molecule has 170 valence electrons. The van der Waals surface area contributed by atoms with Crippen molar-refractivity contribution < 1.29 is 18.7 Å². The van der Waals surface area contributed by atoms with Crippen LogP contribution in [0.3, 0.4) is 0 Å². The minimum atomic E-state index is -0.795. The van der Waals surface area contributed by atoms with E-state index in [1.807, 2.05) is 18.2 Å². The zero-order chi connectivity index (χ0) is 22.8. The Balaban J connectivity index is 1.38. The van der Waals surface area contributed by atoms with E-state index in [1.165, 1.54) is 4.90 Å². The van der Waals surface area contributed by atoms with Crippen molar-refractivity contribution in [1.29, 1.82) is 0 Å². The van der Waals surface area contributed by atoms with Gasteiger partial charge in [-0.1, -0.05) is 30.3 Å². The molecule has 9 nitrogen and oxygen atoms in total. The summed E-state index contributed by atoms with van der Waals surface area (Å²) in [5.74, 6) is -0.604. The van der Waals surface area contributed by atoms with Gasteiger partial charge >= 0.3 is 5.76 Å². The Kier molecular flexibility index (Phi) is 5.68. The normalized spacial score (nSPS) is 17.9. The molecule has 2 aliphatic heterocycles. The fourth-order valence-corrected chi connectivity index (χ4v) is 4.23. The van der Waals surface area contributed by atoms with Crippen LogP contribution in [0.4, 0.5) is 5.69 Å². The van der Waals surface area contributed by atoms with Crippen molar-refractivity contribution in [3.63, 3.8) is 0 Å². The van der Waals surface area contributed by atoms with Crippen LogP contribution in [0, 0.1) is 0 Å². The molecule has 33 heavy (non-hydrogen) atoms. The van der Waals surface area contributed by atoms with Crippen LogP contribution in [-0.2, 0) is 16.1 Å². The number of ether oxygens (including phenoxy) is 1. The fourth-order valence-electron chi connectivity index (χ4n) is 4.23. The number of aromatic nitrogens is 2. The van der Waals surface area contributed by atoms with Crippen molar-refractivity contribution in [3.8, 4) is 17.2 Å². The molecule has 0 N–H and O–H groups in total. The molecule has 2 aromatic carbocycles. The van der Waals surface area contributed by atoms with Gasteiger partial charge in [-0.2, -0.15) is 4.68 Å². The van der Waals surface area contributed by atoms with Crippen molar-refractivity contribution in [2.24, 2.45) is 0 Å². The average molecular weight is 448 g/mol. The molecule has 0 aliphatic carbocycles. The molecule has 0 spiro atoms. The number of hydrogen-bond donors (Lipinski definition) is 0. The van der Waals surface area contributed by atoms with Gasteiger partial charge in [-0.05, 0) is 43.5 Å². The van der Waals surface area contributed by atoms with Crippen molar-refractivity contribution in [3.05, 3.63) is 65.1 Å². The number of likely N-dealkylation sites (tertiary alicyclic amines) is 1. The van der Waals surface area contributed by atoms with Gasteiger partial charge in [0.15, 0.2) is 6.10 Å². The lowest BCUT2D eigenvalue weighted by Gasteiger charge is -2.37. The number of carbonyl (C=O) groups excluding carboxylic acids is 2. The Morgan fingerprint density at radius 2 is 1.70 bits per heavy atom. The minimum absolute atomic E-state index is 0.0727. The molecule has 0 radical (unpaired) electrons. The van der Waals surface area contributed by atoms with Gasteiger partial charge in [0.05, 0.1) is 12.2 Å². The first-order valence-electron chi connectivity index (χ1n) is 11.1. The van der Waals surface area contributed by atoms with Crippen LogP contribution >= 0.6 is 0 Å². The maximum Gasteiger partial charge on any atom is 0.437 e. The Bertz CT molecular complexity index is 1210. The molecule has 3 heterocycles. The van der Waals surface area contributed by atoms with Crippen molar-refractivity contribution in [2.75, 3.05) is 24.5 Å². The van der Waals surface area contributed by atoms with Gasteiger partial charge in [0, 0.05) is 18.7 Å². The maximum absolute atomic E-state index is 13.3. The van der Waals surface area contributed by atoms with Crippen LogP contribution < -0.4 is 15.4 Å². The summed E-state index contributed by atoms with van der Waals surface area (Å²) in [5, 5.41) is 4.18. The highest BCUT2D eigenvalue weighted by molar-refractivity contribution is 5.97. The van der Waals surface area contributed by atoms with E-state index in [4.69, 9.17) is 9.15 Å². The molecular formula is C24H24N4O5. The standard InChI is InChI=1S/C24H24N4O5/c29-21(16-28-24(31)33-22(25-28)17-9-3-1-4-10-17)27-15-20(23(30)26-13-7-2-8-14-26)32-19-12-6-5-11-18(19)27/h1,3-6,9-12,20H,2,7-8,13-16H2. The number of anilines is 1. The highest BCUT2D eigenvalue weighted by Crippen LogP contribution is 2.34. The first kappa shape index (κ1) is 21.0. The van der Waals surface area contributed by atoms with E-state index < -0.39 is 11.9 Å². The van der Waals surface area contributed by atoms with Crippen LogP contribution in [0.2, 0.25) is 0 Å². The third kappa shape index (κ3) is 4.26. The number of hydrogen-bond acceptors (Lipinski definition) is 6. The number of para-hydroxylation sites is 2. The van der Waals surface area contributed by atoms with Crippen molar-refractivity contribution >= 4 is 17.5 Å². The lowest BCUT2D eigenvalue weighted by molar-refractivity contribution is -0.139. The molecule has 1 saturated heterocycles. The monoisotopic (exact) mass is 448 g/mol. The first-order valence-corrected chi connectivity index (χ1v) is 11.1. The zero-order valence-electron chi connectivity index (χ0n) is 18.1. The Morgan fingerprint density at radius 3 is 2.48 bits per heavy atom. The molecule has 5 rings (SSSR count). The van der Waals surface area contributed by atoms with E-state index in [0.29, 0.717) is 30.1 Å². The van der Waals surface area contributed by atoms with E-state index in [0.717, 1.165) is 23.9 Å². The molecule has 1 fully saturated rings. The number of benzene rings is 2. The molecular weight excluding hydrogens is 424 g/mol. The van der Waals surface area contributed by atoms with Crippen LogP contribution in [0.15, 0.2) is 63.8 Å². The second-order valence-corrected chi connectivity index (χ2v) is 8.16. The molecule has 2 aliphatic rings.